The first-order valence-corrected chi connectivity index (χ1v) is 36.0. The molecular formula is C76H102F4N14O4. The van der Waals surface area contributed by atoms with Gasteiger partial charge in [-0.25, -0.2) is 22.4 Å². The van der Waals surface area contributed by atoms with Crippen molar-refractivity contribution in [2.75, 3.05) is 87.7 Å². The summed E-state index contributed by atoms with van der Waals surface area (Å²) in [7, 11) is 5.75. The summed E-state index contributed by atoms with van der Waals surface area (Å²) in [4.78, 5) is 50.0. The third-order valence-corrected chi connectivity index (χ3v) is 20.4. The SMILES string of the molecule is CC.CC(=O)N1CCc2c(c(N3CCCc4cc(-c5ccn(C)n5)c(C(F)F)cc43)nn2C2CCN(C)CC2)C1.CCNCC.CN1C(=O)CCc2cc(N3CCCc4cc(-c5ccc(CCC6CCNCC6)nc5)c(C(F)F)cc43)ccc21.O=C(O)c1cnn(C2CCCCC2)c1. The van der Waals surface area contributed by atoms with Gasteiger partial charge in [0.15, 0.2) is 5.82 Å². The number of hydrogen-bond donors (Lipinski definition) is 3. The number of carboxylic acids is 1. The molecule has 3 N–H and O–H groups in total. The number of likely N-dealkylation sites (tertiary alicyclic amines) is 1. The fourth-order valence-electron chi connectivity index (χ4n) is 14.9. The van der Waals surface area contributed by atoms with Gasteiger partial charge in [-0.1, -0.05) is 53.0 Å². The van der Waals surface area contributed by atoms with Gasteiger partial charge >= 0.3 is 5.97 Å². The molecule has 7 aliphatic rings. The molecule has 1 saturated carbocycles. The molecule has 10 heterocycles. The molecule has 528 valence electrons. The van der Waals surface area contributed by atoms with Gasteiger partial charge in [0.25, 0.3) is 12.9 Å². The van der Waals surface area contributed by atoms with E-state index in [0.717, 1.165) is 184 Å². The number of aryl methyl sites for hydroxylation is 5. The van der Waals surface area contributed by atoms with Crippen molar-refractivity contribution in [3.05, 3.63) is 136 Å². The largest absolute Gasteiger partial charge is 0.478 e. The summed E-state index contributed by atoms with van der Waals surface area (Å²) in [5.41, 5.74) is 12.8. The van der Waals surface area contributed by atoms with E-state index in [1.54, 1.807) is 60.3 Å². The number of benzene rings is 3. The van der Waals surface area contributed by atoms with E-state index in [2.05, 4.69) is 72.2 Å². The van der Waals surface area contributed by atoms with Crippen molar-refractivity contribution in [1.29, 1.82) is 0 Å². The molecule has 0 spiro atoms. The van der Waals surface area contributed by atoms with Crippen LogP contribution in [-0.2, 0) is 55.3 Å². The molecule has 2 amide bonds. The second-order valence-corrected chi connectivity index (χ2v) is 26.8. The Morgan fingerprint density at radius 1 is 0.684 bits per heavy atom. The van der Waals surface area contributed by atoms with E-state index in [9.17, 15) is 31.9 Å². The lowest BCUT2D eigenvalue weighted by molar-refractivity contribution is -0.129. The van der Waals surface area contributed by atoms with Gasteiger partial charge in [-0.05, 0) is 213 Å². The molecule has 7 aromatic rings. The van der Waals surface area contributed by atoms with Crippen LogP contribution in [0.2, 0.25) is 0 Å². The first-order chi connectivity index (χ1) is 47.5. The van der Waals surface area contributed by atoms with Crippen molar-refractivity contribution >= 4 is 46.4 Å². The van der Waals surface area contributed by atoms with Gasteiger partial charge in [0.05, 0.1) is 36.1 Å². The number of carboxylic acid groups (broad SMARTS) is 1. The number of nitrogens with one attached hydrogen (secondary N) is 2. The molecule has 0 bridgehead atoms. The molecule has 2 saturated heterocycles. The molecule has 22 heteroatoms. The lowest BCUT2D eigenvalue weighted by atomic mass is 9.91. The highest BCUT2D eigenvalue weighted by atomic mass is 19.3. The van der Waals surface area contributed by atoms with Crippen molar-refractivity contribution in [2.24, 2.45) is 13.0 Å². The average molecular weight is 1350 g/mol. The summed E-state index contributed by atoms with van der Waals surface area (Å²) in [6, 6.07) is 19.8. The van der Waals surface area contributed by atoms with Crippen molar-refractivity contribution in [1.82, 2.24) is 54.8 Å². The molecule has 0 radical (unpaired) electrons. The van der Waals surface area contributed by atoms with E-state index in [0.29, 0.717) is 61.4 Å². The Bertz CT molecular complexity index is 3790. The number of aromatic nitrogens is 7. The van der Waals surface area contributed by atoms with Crippen LogP contribution in [0.4, 0.5) is 46.1 Å². The third-order valence-electron chi connectivity index (χ3n) is 20.4. The van der Waals surface area contributed by atoms with Crippen molar-refractivity contribution in [3.63, 3.8) is 0 Å². The van der Waals surface area contributed by atoms with E-state index in [-0.39, 0.29) is 28.5 Å². The molecule has 6 aliphatic heterocycles. The lowest BCUT2D eigenvalue weighted by Crippen LogP contribution is -2.36. The number of hydrogen-bond acceptors (Lipinski definition) is 12. The zero-order valence-electron chi connectivity index (χ0n) is 58.8. The van der Waals surface area contributed by atoms with E-state index in [1.807, 2.05) is 66.9 Å². The Morgan fingerprint density at radius 2 is 1.35 bits per heavy atom. The van der Waals surface area contributed by atoms with Crippen LogP contribution in [0.5, 0.6) is 0 Å². The number of carbonyl (C=O) groups excluding carboxylic acids is 2. The molecule has 14 rings (SSSR count). The maximum Gasteiger partial charge on any atom is 0.338 e. The van der Waals surface area contributed by atoms with Gasteiger partial charge in [-0.15, -0.1) is 0 Å². The maximum absolute atomic E-state index is 14.4. The van der Waals surface area contributed by atoms with Gasteiger partial charge in [0, 0.05) is 134 Å². The number of halogens is 4. The van der Waals surface area contributed by atoms with Crippen LogP contribution in [0, 0.1) is 5.92 Å². The first-order valence-electron chi connectivity index (χ1n) is 36.0. The van der Waals surface area contributed by atoms with Gasteiger partial charge in [-0.2, -0.15) is 15.3 Å². The number of anilines is 5. The molecule has 3 aromatic carbocycles. The summed E-state index contributed by atoms with van der Waals surface area (Å²) < 4.78 is 63.3. The normalized spacial score (nSPS) is 17.5. The number of aromatic carboxylic acids is 1. The number of pyridine rings is 1. The Hall–Kier alpha value is -7.95. The van der Waals surface area contributed by atoms with Crippen LogP contribution >= 0.6 is 0 Å². The quantitative estimate of drug-likeness (QED) is 0.0877. The second-order valence-electron chi connectivity index (χ2n) is 26.8. The fourth-order valence-corrected chi connectivity index (χ4v) is 14.9. The van der Waals surface area contributed by atoms with E-state index >= 15 is 0 Å². The summed E-state index contributed by atoms with van der Waals surface area (Å²) in [6.45, 7) is 18.9. The van der Waals surface area contributed by atoms with Crippen LogP contribution in [0.3, 0.4) is 0 Å². The Labute approximate surface area is 576 Å². The van der Waals surface area contributed by atoms with E-state index < -0.39 is 18.8 Å². The molecule has 3 fully saturated rings. The van der Waals surface area contributed by atoms with Crippen LogP contribution in [0.1, 0.15) is 198 Å². The summed E-state index contributed by atoms with van der Waals surface area (Å²) in [5, 5.41) is 29.0. The van der Waals surface area contributed by atoms with Gasteiger partial charge in [-0.3, -0.25) is 28.6 Å². The second kappa shape index (κ2) is 34.2. The predicted octanol–water partition coefficient (Wildman–Crippen LogP) is 14.8. The number of rotatable bonds is 14. The minimum atomic E-state index is -2.63. The summed E-state index contributed by atoms with van der Waals surface area (Å²) in [6.07, 6.45) is 19.4. The number of piperidine rings is 2. The van der Waals surface area contributed by atoms with E-state index in [4.69, 9.17) is 10.2 Å². The highest BCUT2D eigenvalue weighted by molar-refractivity contribution is 5.96. The Morgan fingerprint density at radius 3 is 1.96 bits per heavy atom. The van der Waals surface area contributed by atoms with Crippen LogP contribution in [-0.4, -0.2) is 140 Å². The number of alkyl halides is 4. The number of carbonyl (C=O) groups is 3. The molecule has 0 atom stereocenters. The van der Waals surface area contributed by atoms with Crippen molar-refractivity contribution < 1.29 is 37.1 Å². The lowest BCUT2D eigenvalue weighted by Gasteiger charge is -2.34. The minimum absolute atomic E-state index is 0.0108. The van der Waals surface area contributed by atoms with Crippen molar-refractivity contribution in [2.45, 2.75) is 182 Å². The predicted molar refractivity (Wildman–Crippen MR) is 381 cm³/mol. The average Bonchev–Trinajstić information content (AvgIpc) is 1.37. The van der Waals surface area contributed by atoms with Crippen molar-refractivity contribution in [3.8, 4) is 22.4 Å². The smallest absolute Gasteiger partial charge is 0.338 e. The summed E-state index contributed by atoms with van der Waals surface area (Å²) in [5.74, 6) is 0.827. The first kappa shape index (κ1) is 72.8. The van der Waals surface area contributed by atoms with Crippen LogP contribution in [0.25, 0.3) is 22.4 Å². The zero-order valence-corrected chi connectivity index (χ0v) is 58.8. The number of nitrogens with zero attached hydrogens (tertiary/aromatic N) is 12. The Kier molecular flexibility index (Phi) is 25.4. The van der Waals surface area contributed by atoms with Crippen LogP contribution < -0.4 is 25.3 Å². The highest BCUT2D eigenvalue weighted by Crippen LogP contribution is 2.46. The standard InChI is InChI=1S/C32H36F2N4O.C28H35F2N7O.C10H14N2O2.C4H11N.C2H6/c1-37-29-10-9-26(17-23(29)6-11-31(37)39)38-16-2-3-22-18-27(28(32(33)34)19-30(22)38)24-5-8-25(36-20-24)7-4-21-12-14-35-15-13-21;1-18(38)35-14-9-25-23(17-35)28(32-37(25)20-6-11-33(2)12-7-20)36-10-4-5-19-15-21(24-8-13-34(3)31-24)22(27(29)30)16-26(19)36;13-10(14)8-6-11-12(7-8)9-4-2-1-3-5-9;1-3-5-4-2;1-2/h5,8-10,17-21,32,35H,2-4,6-7,11-16H2,1H3;8,13,15-16,20,27H,4-7,9-12,14,17H2,1-3H3;6-7,9H,1-5H2,(H,13,14);5H,3-4H2,1-2H3;1-2H3. The van der Waals surface area contributed by atoms with Gasteiger partial charge in [0.1, 0.15) is 0 Å². The number of fused-ring (bicyclic) bond motifs is 4. The van der Waals surface area contributed by atoms with Gasteiger partial charge in [0.2, 0.25) is 11.8 Å². The maximum atomic E-state index is 14.4. The monoisotopic (exact) mass is 1350 g/mol. The molecular weight excluding hydrogens is 1250 g/mol. The molecule has 0 unspecified atom stereocenters. The zero-order chi connectivity index (χ0) is 69.6. The molecule has 18 nitrogen and oxygen atoms in total. The van der Waals surface area contributed by atoms with Crippen LogP contribution in [0.15, 0.2) is 85.5 Å². The molecule has 98 heavy (non-hydrogen) atoms. The highest BCUT2D eigenvalue weighted by Gasteiger charge is 2.35. The third kappa shape index (κ3) is 17.4. The Balaban J connectivity index is 0.000000165. The molecule has 1 aliphatic carbocycles. The number of amides is 2. The topological polar surface area (TPSA) is 178 Å². The molecule has 4 aromatic heterocycles. The van der Waals surface area contributed by atoms with Gasteiger partial charge < -0.3 is 40.2 Å². The van der Waals surface area contributed by atoms with E-state index in [1.165, 1.54) is 44.0 Å². The fraction of sp³-hybridized carbons (Fsp3) is 0.539. The minimum Gasteiger partial charge on any atom is -0.478 e. The summed E-state index contributed by atoms with van der Waals surface area (Å²) >= 11 is 0.